The lowest BCUT2D eigenvalue weighted by atomic mass is 9.86. The highest BCUT2D eigenvalue weighted by molar-refractivity contribution is 7.66. The van der Waals surface area contributed by atoms with Crippen molar-refractivity contribution in [2.45, 2.75) is 32.6 Å². The topological polar surface area (TPSA) is 63.6 Å². The number of carbonyl (C=O) groups is 1. The Morgan fingerprint density at radius 3 is 2.25 bits per heavy atom. The Bertz CT molecular complexity index is 747. The molecule has 0 bridgehead atoms. The van der Waals surface area contributed by atoms with Gasteiger partial charge in [-0.15, -0.1) is 0 Å². The monoisotopic (exact) mass is 346 g/mol. The molecule has 2 aromatic carbocycles. The Kier molecular flexibility index (Phi) is 5.63. The van der Waals surface area contributed by atoms with Crippen LogP contribution >= 0.6 is 7.37 Å². The summed E-state index contributed by atoms with van der Waals surface area (Å²) < 4.78 is 17.8. The average molecular weight is 346 g/mol. The van der Waals surface area contributed by atoms with Gasteiger partial charge in [-0.1, -0.05) is 57.2 Å². The molecule has 24 heavy (non-hydrogen) atoms. The summed E-state index contributed by atoms with van der Waals surface area (Å²) in [6.07, 6.45) is -0.241. The van der Waals surface area contributed by atoms with Crippen LogP contribution in [0.15, 0.2) is 54.6 Å². The molecule has 0 aliphatic rings. The van der Waals surface area contributed by atoms with Crippen molar-refractivity contribution < 1.29 is 19.0 Å². The van der Waals surface area contributed by atoms with E-state index in [-0.39, 0.29) is 18.0 Å². The summed E-state index contributed by atoms with van der Waals surface area (Å²) in [6.45, 7) is 6.12. The first kappa shape index (κ1) is 18.4. The van der Waals surface area contributed by atoms with Crippen LogP contribution in [0.4, 0.5) is 0 Å². The van der Waals surface area contributed by atoms with Gasteiger partial charge in [0.2, 0.25) is 7.37 Å². The predicted octanol–water partition coefficient (Wildman–Crippen LogP) is 3.88. The Labute approximate surface area is 142 Å². The van der Waals surface area contributed by atoms with Gasteiger partial charge in [-0.05, 0) is 23.6 Å². The highest BCUT2D eigenvalue weighted by atomic mass is 31.2. The highest BCUT2D eigenvalue weighted by Crippen LogP contribution is 2.40. The molecule has 0 aliphatic carbocycles. The first-order chi connectivity index (χ1) is 11.2. The van der Waals surface area contributed by atoms with Gasteiger partial charge >= 0.3 is 5.97 Å². The van der Waals surface area contributed by atoms with E-state index in [0.29, 0.717) is 11.1 Å². The van der Waals surface area contributed by atoms with Crippen LogP contribution in [0.5, 0.6) is 5.75 Å². The second kappa shape index (κ2) is 7.33. The minimum Gasteiger partial charge on any atom is -0.426 e. The Balaban J connectivity index is 2.04. The number of hydrogen-bond donors (Lipinski definition) is 1. The van der Waals surface area contributed by atoms with Crippen molar-refractivity contribution in [2.75, 3.05) is 6.16 Å². The van der Waals surface area contributed by atoms with E-state index in [4.69, 9.17) is 4.74 Å². The number of carbonyl (C=O) groups excluding carboxylic acids is 1. The summed E-state index contributed by atoms with van der Waals surface area (Å²) >= 11 is 0. The fraction of sp³-hybridized carbons (Fsp3) is 0.316. The van der Waals surface area contributed by atoms with Crippen molar-refractivity contribution in [3.63, 3.8) is 0 Å². The molecule has 0 amide bonds. The second-order valence-corrected chi connectivity index (χ2v) is 9.10. The first-order valence-corrected chi connectivity index (χ1v) is 9.72. The van der Waals surface area contributed by atoms with E-state index in [0.717, 1.165) is 5.56 Å². The van der Waals surface area contributed by atoms with Crippen LogP contribution < -0.4 is 10.0 Å². The molecule has 2 rings (SSSR count). The summed E-state index contributed by atoms with van der Waals surface area (Å²) in [5.41, 5.74) is 0.765. The smallest absolute Gasteiger partial charge is 0.311 e. The molecular formula is C19H23O4P. The van der Waals surface area contributed by atoms with Crippen LogP contribution in [0, 0.1) is 0 Å². The molecule has 128 valence electrons. The fourth-order valence-corrected chi connectivity index (χ4v) is 3.76. The van der Waals surface area contributed by atoms with Crippen molar-refractivity contribution in [3.8, 4) is 5.75 Å². The lowest BCUT2D eigenvalue weighted by Gasteiger charge is -2.22. The SMILES string of the molecule is CC(C)(C)c1ccccc1OC(=O)CCP(=O)(O)c1ccccc1. The maximum absolute atomic E-state index is 12.3. The third-order valence-electron chi connectivity index (χ3n) is 3.70. The molecule has 0 aliphatic heterocycles. The molecule has 0 saturated carbocycles. The van der Waals surface area contributed by atoms with Crippen molar-refractivity contribution in [1.82, 2.24) is 0 Å². The van der Waals surface area contributed by atoms with E-state index >= 15 is 0 Å². The normalized spacial score (nSPS) is 14.0. The number of hydrogen-bond acceptors (Lipinski definition) is 3. The number of esters is 1. The van der Waals surface area contributed by atoms with E-state index < -0.39 is 13.3 Å². The molecular weight excluding hydrogens is 323 g/mol. The van der Waals surface area contributed by atoms with Crippen molar-refractivity contribution in [2.24, 2.45) is 0 Å². The zero-order valence-electron chi connectivity index (χ0n) is 14.2. The average Bonchev–Trinajstić information content (AvgIpc) is 2.53. The van der Waals surface area contributed by atoms with Gasteiger partial charge in [0.15, 0.2) is 0 Å². The van der Waals surface area contributed by atoms with E-state index in [9.17, 15) is 14.3 Å². The summed E-state index contributed by atoms with van der Waals surface area (Å²) in [6, 6.07) is 15.8. The van der Waals surface area contributed by atoms with Gasteiger partial charge in [-0.2, -0.15) is 0 Å². The molecule has 0 heterocycles. The van der Waals surface area contributed by atoms with Gasteiger partial charge in [-0.3, -0.25) is 9.36 Å². The van der Waals surface area contributed by atoms with Gasteiger partial charge in [0.25, 0.3) is 0 Å². The van der Waals surface area contributed by atoms with Crippen molar-refractivity contribution in [3.05, 3.63) is 60.2 Å². The van der Waals surface area contributed by atoms with E-state index in [1.165, 1.54) is 0 Å². The Morgan fingerprint density at radius 1 is 1.04 bits per heavy atom. The van der Waals surface area contributed by atoms with Crippen LogP contribution in [0.3, 0.4) is 0 Å². The summed E-state index contributed by atoms with van der Waals surface area (Å²) in [7, 11) is -3.55. The molecule has 0 aromatic heterocycles. The lowest BCUT2D eigenvalue weighted by molar-refractivity contribution is -0.134. The maximum atomic E-state index is 12.3. The zero-order valence-corrected chi connectivity index (χ0v) is 15.1. The van der Waals surface area contributed by atoms with E-state index in [1.54, 1.807) is 42.5 Å². The zero-order chi connectivity index (χ0) is 17.8. The molecule has 0 fully saturated rings. The molecule has 1 unspecified atom stereocenters. The maximum Gasteiger partial charge on any atom is 0.311 e. The van der Waals surface area contributed by atoms with Crippen LogP contribution in [-0.4, -0.2) is 17.0 Å². The van der Waals surface area contributed by atoms with Gasteiger partial charge in [-0.25, -0.2) is 0 Å². The highest BCUT2D eigenvalue weighted by Gasteiger charge is 2.24. The fourth-order valence-electron chi connectivity index (χ4n) is 2.38. The van der Waals surface area contributed by atoms with Crippen molar-refractivity contribution in [1.29, 1.82) is 0 Å². The Hall–Kier alpha value is -1.90. The molecule has 0 spiro atoms. The van der Waals surface area contributed by atoms with Crippen LogP contribution in [-0.2, 0) is 14.8 Å². The molecule has 4 nitrogen and oxygen atoms in total. The molecule has 5 heteroatoms. The minimum atomic E-state index is -3.55. The van der Waals surface area contributed by atoms with Crippen LogP contribution in [0.25, 0.3) is 0 Å². The second-order valence-electron chi connectivity index (χ2n) is 6.73. The molecule has 0 radical (unpaired) electrons. The first-order valence-electron chi connectivity index (χ1n) is 7.88. The summed E-state index contributed by atoms with van der Waals surface area (Å²) in [5.74, 6) is -0.000565. The number of ether oxygens (including phenoxy) is 1. The Morgan fingerprint density at radius 2 is 1.62 bits per heavy atom. The summed E-state index contributed by atoms with van der Waals surface area (Å²) in [4.78, 5) is 22.2. The van der Waals surface area contributed by atoms with E-state index in [2.05, 4.69) is 0 Å². The van der Waals surface area contributed by atoms with Crippen LogP contribution in [0.1, 0.15) is 32.8 Å². The van der Waals surface area contributed by atoms with Gasteiger partial charge < -0.3 is 9.63 Å². The minimum absolute atomic E-state index is 0.110. The van der Waals surface area contributed by atoms with Gasteiger partial charge in [0.05, 0.1) is 6.42 Å². The van der Waals surface area contributed by atoms with Gasteiger partial charge in [0.1, 0.15) is 5.75 Å². The lowest BCUT2D eigenvalue weighted by Crippen LogP contribution is -2.17. The quantitative estimate of drug-likeness (QED) is 0.507. The van der Waals surface area contributed by atoms with E-state index in [1.807, 2.05) is 32.9 Å². The number of para-hydroxylation sites is 1. The van der Waals surface area contributed by atoms with Crippen molar-refractivity contribution >= 4 is 18.6 Å². The molecule has 1 atom stereocenters. The molecule has 2 aromatic rings. The number of rotatable bonds is 5. The molecule has 0 saturated heterocycles. The third kappa shape index (κ3) is 4.80. The van der Waals surface area contributed by atoms with Gasteiger partial charge in [0, 0.05) is 17.0 Å². The largest absolute Gasteiger partial charge is 0.426 e. The third-order valence-corrected chi connectivity index (χ3v) is 5.63. The molecule has 1 N–H and O–H groups in total. The standard InChI is InChI=1S/C19H23O4P/c1-19(2,3)16-11-7-8-12-17(16)23-18(20)13-14-24(21,22)15-9-5-4-6-10-15/h4-12H,13-14H2,1-3H3,(H,21,22). The summed E-state index contributed by atoms with van der Waals surface area (Å²) in [5, 5.41) is 0.355. The van der Waals surface area contributed by atoms with Crippen LogP contribution in [0.2, 0.25) is 0 Å². The predicted molar refractivity (Wildman–Crippen MR) is 96.2 cm³/mol. The number of benzene rings is 2.